The Bertz CT molecular complexity index is 506. The summed E-state index contributed by atoms with van der Waals surface area (Å²) in [5.74, 6) is 0.711. The van der Waals surface area contributed by atoms with Crippen LogP contribution in [0.3, 0.4) is 0 Å². The van der Waals surface area contributed by atoms with Gasteiger partial charge in [-0.05, 0) is 23.3 Å². The van der Waals surface area contributed by atoms with E-state index >= 15 is 0 Å². The van der Waals surface area contributed by atoms with Crippen LogP contribution in [0.25, 0.3) is 0 Å². The normalized spacial score (nSPS) is 10.3. The number of furan rings is 1. The molecule has 1 amide bonds. The van der Waals surface area contributed by atoms with Crippen molar-refractivity contribution in [3.63, 3.8) is 0 Å². The number of benzene rings is 1. The van der Waals surface area contributed by atoms with Gasteiger partial charge in [-0.15, -0.1) is 0 Å². The first-order valence-electron chi connectivity index (χ1n) is 5.85. The highest BCUT2D eigenvalue weighted by molar-refractivity contribution is 5.78. The predicted molar refractivity (Wildman–Crippen MR) is 68.6 cm³/mol. The Labute approximate surface area is 106 Å². The van der Waals surface area contributed by atoms with E-state index in [4.69, 9.17) is 10.2 Å². The number of rotatable bonds is 5. The van der Waals surface area contributed by atoms with E-state index in [0.29, 0.717) is 19.5 Å². The third kappa shape index (κ3) is 3.21. The fourth-order valence-electron chi connectivity index (χ4n) is 1.76. The van der Waals surface area contributed by atoms with Gasteiger partial charge in [0, 0.05) is 6.54 Å². The van der Waals surface area contributed by atoms with E-state index in [9.17, 15) is 4.79 Å². The topological polar surface area (TPSA) is 68.3 Å². The molecule has 1 aromatic carbocycles. The van der Waals surface area contributed by atoms with Crippen molar-refractivity contribution in [2.24, 2.45) is 5.73 Å². The fraction of sp³-hybridized carbons (Fsp3) is 0.214. The highest BCUT2D eigenvalue weighted by Crippen LogP contribution is 2.08. The van der Waals surface area contributed by atoms with Gasteiger partial charge in [0.05, 0.1) is 19.2 Å². The quantitative estimate of drug-likeness (QED) is 0.839. The van der Waals surface area contributed by atoms with Crippen molar-refractivity contribution < 1.29 is 9.21 Å². The Morgan fingerprint density at radius 1 is 1.17 bits per heavy atom. The Balaban J connectivity index is 1.90. The molecule has 2 rings (SSSR count). The molecule has 2 aromatic rings. The molecule has 0 aliphatic carbocycles. The average molecular weight is 244 g/mol. The summed E-state index contributed by atoms with van der Waals surface area (Å²) >= 11 is 0. The summed E-state index contributed by atoms with van der Waals surface area (Å²) in [5, 5.41) is 2.81. The van der Waals surface area contributed by atoms with E-state index in [1.807, 2.05) is 30.3 Å². The minimum Gasteiger partial charge on any atom is -0.467 e. The Hall–Kier alpha value is -2.07. The number of carbonyl (C=O) groups is 1. The van der Waals surface area contributed by atoms with Gasteiger partial charge in [0.25, 0.3) is 0 Å². The van der Waals surface area contributed by atoms with E-state index in [1.165, 1.54) is 0 Å². The van der Waals surface area contributed by atoms with Crippen molar-refractivity contribution in [1.82, 2.24) is 5.32 Å². The number of hydrogen-bond acceptors (Lipinski definition) is 3. The van der Waals surface area contributed by atoms with Gasteiger partial charge in [0.15, 0.2) is 0 Å². The molecule has 4 nitrogen and oxygen atoms in total. The monoisotopic (exact) mass is 244 g/mol. The lowest BCUT2D eigenvalue weighted by molar-refractivity contribution is -0.120. The van der Waals surface area contributed by atoms with Crippen molar-refractivity contribution in [3.8, 4) is 0 Å². The highest BCUT2D eigenvalue weighted by atomic mass is 16.3. The maximum absolute atomic E-state index is 11.8. The second kappa shape index (κ2) is 6.02. The largest absolute Gasteiger partial charge is 0.467 e. The first-order chi connectivity index (χ1) is 8.79. The lowest BCUT2D eigenvalue weighted by Gasteiger charge is -2.07. The van der Waals surface area contributed by atoms with Crippen molar-refractivity contribution >= 4 is 5.91 Å². The molecule has 4 heteroatoms. The Kier molecular flexibility index (Phi) is 4.15. The standard InChI is InChI=1S/C14H16N2O2/c15-9-12-5-2-1-4-11(12)8-14(17)16-10-13-6-3-7-18-13/h1-7H,8-10,15H2,(H,16,17). The molecule has 0 unspecified atom stereocenters. The molecule has 0 saturated heterocycles. The van der Waals surface area contributed by atoms with Gasteiger partial charge < -0.3 is 15.5 Å². The van der Waals surface area contributed by atoms with Crippen molar-refractivity contribution in [2.75, 3.05) is 0 Å². The van der Waals surface area contributed by atoms with Crippen LogP contribution in [-0.2, 0) is 24.3 Å². The van der Waals surface area contributed by atoms with Gasteiger partial charge in [0.1, 0.15) is 5.76 Å². The molecular weight excluding hydrogens is 228 g/mol. The summed E-state index contributed by atoms with van der Waals surface area (Å²) in [5.41, 5.74) is 7.61. The fourth-order valence-corrected chi connectivity index (χ4v) is 1.76. The summed E-state index contributed by atoms with van der Waals surface area (Å²) in [6, 6.07) is 11.3. The van der Waals surface area contributed by atoms with Gasteiger partial charge in [0.2, 0.25) is 5.91 Å². The molecule has 1 aromatic heterocycles. The molecular formula is C14H16N2O2. The van der Waals surface area contributed by atoms with Crippen molar-refractivity contribution in [1.29, 1.82) is 0 Å². The van der Waals surface area contributed by atoms with Gasteiger partial charge in [-0.2, -0.15) is 0 Å². The van der Waals surface area contributed by atoms with Gasteiger partial charge >= 0.3 is 0 Å². The first kappa shape index (κ1) is 12.4. The zero-order chi connectivity index (χ0) is 12.8. The Morgan fingerprint density at radius 3 is 2.61 bits per heavy atom. The van der Waals surface area contributed by atoms with E-state index in [0.717, 1.165) is 16.9 Å². The number of nitrogens with two attached hydrogens (primary N) is 1. The molecule has 3 N–H and O–H groups in total. The third-order valence-electron chi connectivity index (χ3n) is 2.73. The van der Waals surface area contributed by atoms with Gasteiger partial charge in [-0.3, -0.25) is 4.79 Å². The average Bonchev–Trinajstić information content (AvgIpc) is 2.90. The molecule has 0 aliphatic rings. The smallest absolute Gasteiger partial charge is 0.224 e. The summed E-state index contributed by atoms with van der Waals surface area (Å²) in [6.45, 7) is 0.859. The van der Waals surface area contributed by atoms with Crippen LogP contribution >= 0.6 is 0 Å². The predicted octanol–water partition coefficient (Wildman–Crippen LogP) is 1.60. The maximum atomic E-state index is 11.8. The molecule has 0 atom stereocenters. The summed E-state index contributed by atoms with van der Waals surface area (Å²) in [7, 11) is 0. The van der Waals surface area contributed by atoms with Crippen LogP contribution in [0.5, 0.6) is 0 Å². The van der Waals surface area contributed by atoms with E-state index in [-0.39, 0.29) is 5.91 Å². The first-order valence-corrected chi connectivity index (χ1v) is 5.85. The van der Waals surface area contributed by atoms with Crippen LogP contribution in [0.1, 0.15) is 16.9 Å². The number of hydrogen-bond donors (Lipinski definition) is 2. The van der Waals surface area contributed by atoms with Crippen LogP contribution in [0.4, 0.5) is 0 Å². The van der Waals surface area contributed by atoms with Gasteiger partial charge in [-0.25, -0.2) is 0 Å². The third-order valence-corrected chi connectivity index (χ3v) is 2.73. The second-order valence-corrected chi connectivity index (χ2v) is 4.01. The molecule has 94 valence electrons. The SMILES string of the molecule is NCc1ccccc1CC(=O)NCc1ccco1. The summed E-state index contributed by atoms with van der Waals surface area (Å²) < 4.78 is 5.14. The molecule has 0 bridgehead atoms. The maximum Gasteiger partial charge on any atom is 0.224 e. The van der Waals surface area contributed by atoms with E-state index in [2.05, 4.69) is 5.32 Å². The lowest BCUT2D eigenvalue weighted by atomic mass is 10.0. The van der Waals surface area contributed by atoms with Gasteiger partial charge in [-0.1, -0.05) is 24.3 Å². The van der Waals surface area contributed by atoms with Crippen molar-refractivity contribution in [2.45, 2.75) is 19.5 Å². The van der Waals surface area contributed by atoms with Crippen LogP contribution in [0.2, 0.25) is 0 Å². The molecule has 18 heavy (non-hydrogen) atoms. The minimum atomic E-state index is -0.0349. The molecule has 0 saturated carbocycles. The molecule has 0 fully saturated rings. The van der Waals surface area contributed by atoms with E-state index in [1.54, 1.807) is 12.3 Å². The van der Waals surface area contributed by atoms with Crippen LogP contribution < -0.4 is 11.1 Å². The lowest BCUT2D eigenvalue weighted by Crippen LogP contribution is -2.25. The number of amides is 1. The molecule has 0 aliphatic heterocycles. The Morgan fingerprint density at radius 2 is 1.94 bits per heavy atom. The zero-order valence-corrected chi connectivity index (χ0v) is 10.1. The second-order valence-electron chi connectivity index (χ2n) is 4.01. The number of nitrogens with one attached hydrogen (secondary N) is 1. The van der Waals surface area contributed by atoms with Crippen molar-refractivity contribution in [3.05, 3.63) is 59.5 Å². The van der Waals surface area contributed by atoms with Crippen LogP contribution in [0, 0.1) is 0 Å². The van der Waals surface area contributed by atoms with Crippen LogP contribution in [0.15, 0.2) is 47.1 Å². The highest BCUT2D eigenvalue weighted by Gasteiger charge is 2.07. The summed E-state index contributed by atoms with van der Waals surface area (Å²) in [6.07, 6.45) is 1.93. The molecule has 0 spiro atoms. The number of carbonyl (C=O) groups excluding carboxylic acids is 1. The zero-order valence-electron chi connectivity index (χ0n) is 10.1. The van der Waals surface area contributed by atoms with Crippen LogP contribution in [-0.4, -0.2) is 5.91 Å². The van der Waals surface area contributed by atoms with E-state index < -0.39 is 0 Å². The summed E-state index contributed by atoms with van der Waals surface area (Å²) in [4.78, 5) is 11.8. The molecule has 1 heterocycles. The minimum absolute atomic E-state index is 0.0349. The molecule has 0 radical (unpaired) electrons.